The minimum Gasteiger partial charge on any atom is -0.322 e. The average molecular weight is 200 g/mol. The smallest absolute Gasteiger partial charge is 0.0564 e. The second kappa shape index (κ2) is 4.22. The van der Waals surface area contributed by atoms with Gasteiger partial charge < -0.3 is 5.43 Å². The van der Waals surface area contributed by atoms with Crippen LogP contribution < -0.4 is 5.43 Å². The minimum atomic E-state index is 0.858. The first kappa shape index (κ1) is 9.84. The molecule has 1 aromatic heterocycles. The molecular formula is C13H16N2. The summed E-state index contributed by atoms with van der Waals surface area (Å²) in [5, 5.41) is 0. The maximum absolute atomic E-state index is 3.39. The predicted octanol–water partition coefficient (Wildman–Crippen LogP) is 2.85. The summed E-state index contributed by atoms with van der Waals surface area (Å²) in [5.41, 5.74) is 7.17. The lowest BCUT2D eigenvalue weighted by Gasteiger charge is -2.12. The minimum absolute atomic E-state index is 0.858. The molecule has 0 aliphatic carbocycles. The van der Waals surface area contributed by atoms with Crippen LogP contribution in [0.2, 0.25) is 0 Å². The van der Waals surface area contributed by atoms with Crippen LogP contribution in [0.25, 0.3) is 0 Å². The van der Waals surface area contributed by atoms with Crippen molar-refractivity contribution in [3.05, 3.63) is 59.4 Å². The molecule has 0 radical (unpaired) electrons. The van der Waals surface area contributed by atoms with Crippen molar-refractivity contribution >= 4 is 0 Å². The van der Waals surface area contributed by atoms with Gasteiger partial charge in [-0.05, 0) is 31.5 Å². The molecule has 0 fully saturated rings. The van der Waals surface area contributed by atoms with Crippen molar-refractivity contribution in [3.8, 4) is 0 Å². The highest BCUT2D eigenvalue weighted by atomic mass is 15.4. The number of hydrogen-bond donors (Lipinski definition) is 1. The van der Waals surface area contributed by atoms with Crippen molar-refractivity contribution in [2.75, 3.05) is 5.43 Å². The fourth-order valence-electron chi connectivity index (χ4n) is 1.68. The van der Waals surface area contributed by atoms with Crippen LogP contribution in [0.3, 0.4) is 0 Å². The summed E-state index contributed by atoms with van der Waals surface area (Å²) < 4.78 is 2.12. The lowest BCUT2D eigenvalue weighted by molar-refractivity contribution is 0.792. The van der Waals surface area contributed by atoms with Gasteiger partial charge in [0, 0.05) is 11.4 Å². The molecule has 0 saturated carbocycles. The number of aryl methyl sites for hydroxylation is 2. The topological polar surface area (TPSA) is 17.0 Å². The van der Waals surface area contributed by atoms with Gasteiger partial charge in [0.2, 0.25) is 0 Å². The molecule has 0 spiro atoms. The molecule has 1 N–H and O–H groups in total. The van der Waals surface area contributed by atoms with Crippen LogP contribution in [-0.2, 0) is 6.54 Å². The molecule has 0 atom stereocenters. The highest BCUT2D eigenvalue weighted by Gasteiger charge is 1.99. The molecule has 2 heteroatoms. The maximum Gasteiger partial charge on any atom is 0.0564 e. The van der Waals surface area contributed by atoms with E-state index in [1.54, 1.807) is 0 Å². The van der Waals surface area contributed by atoms with Crippen LogP contribution >= 0.6 is 0 Å². The SMILES string of the molecule is Cc1ccc(C)n1NCc1ccccc1. The molecule has 2 rings (SSSR count). The molecule has 0 aliphatic heterocycles. The Balaban J connectivity index is 2.05. The van der Waals surface area contributed by atoms with E-state index in [1.807, 2.05) is 6.07 Å². The standard InChI is InChI=1S/C13H16N2/c1-11-8-9-12(2)15(11)14-10-13-6-4-3-5-7-13/h3-9,14H,10H2,1-2H3. The van der Waals surface area contributed by atoms with E-state index < -0.39 is 0 Å². The van der Waals surface area contributed by atoms with Gasteiger partial charge in [-0.3, -0.25) is 4.68 Å². The largest absolute Gasteiger partial charge is 0.322 e. The Bertz CT molecular complexity index is 410. The van der Waals surface area contributed by atoms with Gasteiger partial charge in [0.1, 0.15) is 0 Å². The van der Waals surface area contributed by atoms with Gasteiger partial charge in [0.25, 0.3) is 0 Å². The van der Waals surface area contributed by atoms with Crippen LogP contribution in [0.1, 0.15) is 17.0 Å². The van der Waals surface area contributed by atoms with Crippen LogP contribution in [0.4, 0.5) is 0 Å². The van der Waals surface area contributed by atoms with Gasteiger partial charge in [-0.1, -0.05) is 30.3 Å². The Morgan fingerprint density at radius 1 is 0.933 bits per heavy atom. The lowest BCUT2D eigenvalue weighted by atomic mass is 10.2. The first-order valence-electron chi connectivity index (χ1n) is 5.20. The summed E-state index contributed by atoms with van der Waals surface area (Å²) in [5.74, 6) is 0. The molecule has 1 heterocycles. The second-order valence-electron chi connectivity index (χ2n) is 3.77. The van der Waals surface area contributed by atoms with Crippen LogP contribution in [0, 0.1) is 13.8 Å². The fraction of sp³-hybridized carbons (Fsp3) is 0.231. The maximum atomic E-state index is 3.39. The molecule has 0 amide bonds. The van der Waals surface area contributed by atoms with E-state index in [1.165, 1.54) is 17.0 Å². The van der Waals surface area contributed by atoms with Gasteiger partial charge in [-0.15, -0.1) is 0 Å². The van der Waals surface area contributed by atoms with E-state index in [0.717, 1.165) is 6.54 Å². The summed E-state index contributed by atoms with van der Waals surface area (Å²) in [7, 11) is 0. The Morgan fingerprint density at radius 3 is 2.13 bits per heavy atom. The van der Waals surface area contributed by atoms with Crippen molar-refractivity contribution in [2.45, 2.75) is 20.4 Å². The predicted molar refractivity (Wildman–Crippen MR) is 63.4 cm³/mol. The van der Waals surface area contributed by atoms with E-state index in [9.17, 15) is 0 Å². The van der Waals surface area contributed by atoms with Gasteiger partial charge in [-0.2, -0.15) is 0 Å². The molecule has 0 aliphatic rings. The third kappa shape index (κ3) is 2.21. The van der Waals surface area contributed by atoms with Gasteiger partial charge >= 0.3 is 0 Å². The highest BCUT2D eigenvalue weighted by Crippen LogP contribution is 2.05. The Hall–Kier alpha value is -1.70. The number of nitrogens with zero attached hydrogens (tertiary/aromatic N) is 1. The van der Waals surface area contributed by atoms with Crippen LogP contribution in [0.15, 0.2) is 42.5 Å². The molecule has 2 aromatic rings. The number of benzene rings is 1. The molecule has 0 saturated heterocycles. The second-order valence-corrected chi connectivity index (χ2v) is 3.77. The number of aromatic nitrogens is 1. The Morgan fingerprint density at radius 2 is 1.53 bits per heavy atom. The molecular weight excluding hydrogens is 184 g/mol. The van der Waals surface area contributed by atoms with Crippen molar-refractivity contribution in [1.82, 2.24) is 4.68 Å². The Kier molecular flexibility index (Phi) is 2.77. The fourth-order valence-corrected chi connectivity index (χ4v) is 1.68. The van der Waals surface area contributed by atoms with Gasteiger partial charge in [-0.25, -0.2) is 0 Å². The third-order valence-corrected chi connectivity index (χ3v) is 2.56. The van der Waals surface area contributed by atoms with Crippen LogP contribution in [-0.4, -0.2) is 4.68 Å². The van der Waals surface area contributed by atoms with E-state index in [2.05, 4.69) is 60.3 Å². The summed E-state index contributed by atoms with van der Waals surface area (Å²) in [6.07, 6.45) is 0. The molecule has 0 unspecified atom stereocenters. The summed E-state index contributed by atoms with van der Waals surface area (Å²) in [6, 6.07) is 14.7. The van der Waals surface area contributed by atoms with Crippen molar-refractivity contribution < 1.29 is 0 Å². The van der Waals surface area contributed by atoms with E-state index in [-0.39, 0.29) is 0 Å². The molecule has 0 bridgehead atoms. The van der Waals surface area contributed by atoms with Crippen molar-refractivity contribution in [3.63, 3.8) is 0 Å². The monoisotopic (exact) mass is 200 g/mol. The zero-order valence-corrected chi connectivity index (χ0v) is 9.20. The lowest BCUT2D eigenvalue weighted by Crippen LogP contribution is -2.16. The highest BCUT2D eigenvalue weighted by molar-refractivity contribution is 5.19. The first-order chi connectivity index (χ1) is 7.27. The quantitative estimate of drug-likeness (QED) is 0.806. The summed E-state index contributed by atoms with van der Waals surface area (Å²) in [4.78, 5) is 0. The molecule has 78 valence electrons. The number of rotatable bonds is 3. The summed E-state index contributed by atoms with van der Waals surface area (Å²) in [6.45, 7) is 5.06. The molecule has 2 nitrogen and oxygen atoms in total. The Labute approximate surface area is 90.5 Å². The number of nitrogens with one attached hydrogen (secondary N) is 1. The van der Waals surface area contributed by atoms with Gasteiger partial charge in [0.15, 0.2) is 0 Å². The first-order valence-corrected chi connectivity index (χ1v) is 5.20. The van der Waals surface area contributed by atoms with Gasteiger partial charge in [0.05, 0.1) is 6.54 Å². The zero-order valence-electron chi connectivity index (χ0n) is 9.20. The molecule has 15 heavy (non-hydrogen) atoms. The van der Waals surface area contributed by atoms with E-state index in [0.29, 0.717) is 0 Å². The summed E-state index contributed by atoms with van der Waals surface area (Å²) >= 11 is 0. The number of hydrogen-bond acceptors (Lipinski definition) is 1. The normalized spacial score (nSPS) is 10.3. The molecule has 1 aromatic carbocycles. The van der Waals surface area contributed by atoms with Crippen molar-refractivity contribution in [2.24, 2.45) is 0 Å². The van der Waals surface area contributed by atoms with Crippen molar-refractivity contribution in [1.29, 1.82) is 0 Å². The zero-order chi connectivity index (χ0) is 10.7. The average Bonchev–Trinajstić information content (AvgIpc) is 2.58. The third-order valence-electron chi connectivity index (χ3n) is 2.56. The van der Waals surface area contributed by atoms with Crippen LogP contribution in [0.5, 0.6) is 0 Å². The van der Waals surface area contributed by atoms with E-state index >= 15 is 0 Å². The van der Waals surface area contributed by atoms with E-state index in [4.69, 9.17) is 0 Å².